The molecule has 1 atom stereocenters. The normalized spacial score (nSPS) is 15.5. The van der Waals surface area contributed by atoms with Gasteiger partial charge in [0, 0.05) is 5.56 Å². The molecule has 1 aliphatic heterocycles. The lowest BCUT2D eigenvalue weighted by molar-refractivity contribution is 0.00326. The van der Waals surface area contributed by atoms with Gasteiger partial charge in [-0.1, -0.05) is 17.3 Å². The van der Waals surface area contributed by atoms with E-state index in [-0.39, 0.29) is 11.9 Å². The van der Waals surface area contributed by atoms with Crippen molar-refractivity contribution in [2.45, 2.75) is 19.3 Å². The summed E-state index contributed by atoms with van der Waals surface area (Å²) in [7, 11) is 3.15. The Morgan fingerprint density at radius 1 is 1.06 bits per heavy atom. The van der Waals surface area contributed by atoms with Gasteiger partial charge in [0.2, 0.25) is 5.82 Å². The van der Waals surface area contributed by atoms with Gasteiger partial charge in [-0.15, -0.1) is 0 Å². The van der Waals surface area contributed by atoms with E-state index < -0.39 is 0 Å². The molecule has 0 amide bonds. The summed E-state index contributed by atoms with van der Waals surface area (Å²) >= 11 is 0. The molecule has 4 aromatic rings. The number of aromatic nitrogens is 4. The standard InChI is InChI=1S/C22H19FN4O4/c1-28-17-8-5-14(9-18(17)29-2)21-25-22(31-26-21)20-16-11-30-19(10-27(16)12-24-20)13-3-6-15(23)7-4-13/h3-9,12,19H,10-11H2,1-2H3/t19-/m1/s1. The van der Waals surface area contributed by atoms with Gasteiger partial charge in [-0.3, -0.25) is 0 Å². The second-order valence-corrected chi connectivity index (χ2v) is 7.04. The van der Waals surface area contributed by atoms with Crippen molar-refractivity contribution in [1.29, 1.82) is 0 Å². The van der Waals surface area contributed by atoms with Crippen LogP contribution in [-0.4, -0.2) is 33.9 Å². The highest BCUT2D eigenvalue weighted by Gasteiger charge is 2.26. The third kappa shape index (κ3) is 3.53. The van der Waals surface area contributed by atoms with E-state index in [9.17, 15) is 4.39 Å². The Bertz CT molecular complexity index is 1220. The fourth-order valence-electron chi connectivity index (χ4n) is 3.60. The van der Waals surface area contributed by atoms with Crippen LogP contribution < -0.4 is 9.47 Å². The lowest BCUT2D eigenvalue weighted by Gasteiger charge is -2.25. The molecule has 0 spiro atoms. The second kappa shape index (κ2) is 7.84. The number of benzene rings is 2. The van der Waals surface area contributed by atoms with Gasteiger partial charge in [0.25, 0.3) is 5.89 Å². The predicted molar refractivity (Wildman–Crippen MR) is 108 cm³/mol. The van der Waals surface area contributed by atoms with Crippen LogP contribution in [0.15, 0.2) is 53.3 Å². The topological polar surface area (TPSA) is 84.4 Å². The summed E-state index contributed by atoms with van der Waals surface area (Å²) in [5, 5.41) is 4.08. The van der Waals surface area contributed by atoms with Gasteiger partial charge in [-0.05, 0) is 35.9 Å². The zero-order valence-corrected chi connectivity index (χ0v) is 16.9. The van der Waals surface area contributed by atoms with Crippen molar-refractivity contribution in [3.8, 4) is 34.5 Å². The summed E-state index contributed by atoms with van der Waals surface area (Å²) in [6.07, 6.45) is 1.55. The molecule has 1 aliphatic rings. The Balaban J connectivity index is 1.40. The minimum atomic E-state index is -0.271. The summed E-state index contributed by atoms with van der Waals surface area (Å²) in [6.45, 7) is 0.885. The first-order chi connectivity index (χ1) is 15.2. The Hall–Kier alpha value is -3.72. The molecule has 5 rings (SSSR count). The van der Waals surface area contributed by atoms with Crippen LogP contribution in [0, 0.1) is 5.82 Å². The molecule has 2 aromatic heterocycles. The number of fused-ring (bicyclic) bond motifs is 1. The highest BCUT2D eigenvalue weighted by molar-refractivity contribution is 5.63. The minimum Gasteiger partial charge on any atom is -0.493 e. The zero-order valence-electron chi connectivity index (χ0n) is 16.9. The van der Waals surface area contributed by atoms with Gasteiger partial charge >= 0.3 is 0 Å². The van der Waals surface area contributed by atoms with Gasteiger partial charge in [-0.25, -0.2) is 9.37 Å². The van der Waals surface area contributed by atoms with E-state index in [4.69, 9.17) is 18.7 Å². The number of methoxy groups -OCH3 is 2. The van der Waals surface area contributed by atoms with Crippen molar-refractivity contribution in [2.75, 3.05) is 14.2 Å². The summed E-state index contributed by atoms with van der Waals surface area (Å²) in [4.78, 5) is 8.96. The van der Waals surface area contributed by atoms with Crippen LogP contribution in [0.1, 0.15) is 17.4 Å². The average molecular weight is 422 g/mol. The number of hydrogen-bond acceptors (Lipinski definition) is 7. The molecule has 31 heavy (non-hydrogen) atoms. The third-order valence-electron chi connectivity index (χ3n) is 5.24. The highest BCUT2D eigenvalue weighted by atomic mass is 19.1. The molecule has 0 bridgehead atoms. The quantitative estimate of drug-likeness (QED) is 0.480. The first kappa shape index (κ1) is 19.3. The lowest BCUT2D eigenvalue weighted by Crippen LogP contribution is -2.20. The van der Waals surface area contributed by atoms with Crippen LogP contribution in [0.5, 0.6) is 11.5 Å². The van der Waals surface area contributed by atoms with Gasteiger partial charge in [0.15, 0.2) is 17.2 Å². The van der Waals surface area contributed by atoms with Crippen LogP contribution in [0.25, 0.3) is 23.0 Å². The molecule has 0 saturated heterocycles. The number of halogens is 1. The molecular formula is C22H19FN4O4. The van der Waals surface area contributed by atoms with E-state index in [0.29, 0.717) is 42.1 Å². The second-order valence-electron chi connectivity index (χ2n) is 7.04. The third-order valence-corrected chi connectivity index (χ3v) is 5.24. The summed E-state index contributed by atoms with van der Waals surface area (Å²) in [5.74, 6) is 1.64. The predicted octanol–water partition coefficient (Wildman–Crippen LogP) is 4.03. The number of nitrogens with zero attached hydrogens (tertiary/aromatic N) is 4. The van der Waals surface area contributed by atoms with E-state index >= 15 is 0 Å². The number of ether oxygens (including phenoxy) is 3. The molecule has 3 heterocycles. The van der Waals surface area contributed by atoms with Crippen LogP contribution in [-0.2, 0) is 17.9 Å². The van der Waals surface area contributed by atoms with Crippen LogP contribution in [0.2, 0.25) is 0 Å². The molecule has 9 heteroatoms. The van der Waals surface area contributed by atoms with E-state index in [1.54, 1.807) is 44.8 Å². The molecule has 0 fully saturated rings. The molecule has 0 saturated carbocycles. The fourth-order valence-corrected chi connectivity index (χ4v) is 3.60. The first-order valence-electron chi connectivity index (χ1n) is 9.64. The van der Waals surface area contributed by atoms with Crippen molar-refractivity contribution >= 4 is 0 Å². The smallest absolute Gasteiger partial charge is 0.278 e. The highest BCUT2D eigenvalue weighted by Crippen LogP contribution is 2.34. The van der Waals surface area contributed by atoms with E-state index in [1.165, 1.54) is 12.1 Å². The molecule has 0 radical (unpaired) electrons. The maximum atomic E-state index is 13.2. The Labute approximate surface area is 177 Å². The maximum Gasteiger partial charge on any atom is 0.278 e. The van der Waals surface area contributed by atoms with Crippen molar-refractivity contribution < 1.29 is 23.1 Å². The molecule has 0 aliphatic carbocycles. The summed E-state index contributed by atoms with van der Waals surface area (Å²) in [5.41, 5.74) is 3.07. The van der Waals surface area contributed by atoms with Crippen molar-refractivity contribution in [1.82, 2.24) is 19.7 Å². The Morgan fingerprint density at radius 3 is 2.65 bits per heavy atom. The van der Waals surface area contributed by atoms with Gasteiger partial charge in [0.05, 0.1) is 39.4 Å². The first-order valence-corrected chi connectivity index (χ1v) is 9.64. The Morgan fingerprint density at radius 2 is 1.87 bits per heavy atom. The van der Waals surface area contributed by atoms with Crippen LogP contribution >= 0.6 is 0 Å². The van der Waals surface area contributed by atoms with Crippen LogP contribution in [0.4, 0.5) is 4.39 Å². The number of rotatable bonds is 5. The van der Waals surface area contributed by atoms with Crippen molar-refractivity contribution in [3.05, 3.63) is 65.9 Å². The zero-order chi connectivity index (χ0) is 21.4. The molecule has 8 nitrogen and oxygen atoms in total. The van der Waals surface area contributed by atoms with E-state index in [2.05, 4.69) is 15.1 Å². The van der Waals surface area contributed by atoms with E-state index in [1.807, 2.05) is 10.6 Å². The summed E-state index contributed by atoms with van der Waals surface area (Å²) < 4.78 is 37.3. The SMILES string of the molecule is COc1ccc(-c2noc(-c3ncn4c3CO[C@@H](c3ccc(F)cc3)C4)n2)cc1OC. The van der Waals surface area contributed by atoms with Gasteiger partial charge in [0.1, 0.15) is 11.9 Å². The van der Waals surface area contributed by atoms with Crippen molar-refractivity contribution in [2.24, 2.45) is 0 Å². The monoisotopic (exact) mass is 422 g/mol. The van der Waals surface area contributed by atoms with Crippen molar-refractivity contribution in [3.63, 3.8) is 0 Å². The molecular weight excluding hydrogens is 403 g/mol. The molecule has 0 N–H and O–H groups in total. The van der Waals surface area contributed by atoms with Gasteiger partial charge < -0.3 is 23.3 Å². The summed E-state index contributed by atoms with van der Waals surface area (Å²) in [6, 6.07) is 11.7. The lowest BCUT2D eigenvalue weighted by atomic mass is 10.1. The molecule has 2 aromatic carbocycles. The number of imidazole rings is 1. The van der Waals surface area contributed by atoms with Gasteiger partial charge in [-0.2, -0.15) is 4.98 Å². The van der Waals surface area contributed by atoms with Crippen LogP contribution in [0.3, 0.4) is 0 Å². The number of hydrogen-bond donors (Lipinski definition) is 0. The molecule has 0 unspecified atom stereocenters. The maximum absolute atomic E-state index is 13.2. The fraction of sp³-hybridized carbons (Fsp3) is 0.227. The largest absolute Gasteiger partial charge is 0.493 e. The minimum absolute atomic E-state index is 0.180. The molecule has 158 valence electrons. The average Bonchev–Trinajstić information content (AvgIpc) is 3.45. The van der Waals surface area contributed by atoms with E-state index in [0.717, 1.165) is 16.8 Å². The Kier molecular flexibility index (Phi) is 4.87.